The summed E-state index contributed by atoms with van der Waals surface area (Å²) >= 11 is 0. The summed E-state index contributed by atoms with van der Waals surface area (Å²) in [6, 6.07) is 7.03. The predicted molar refractivity (Wildman–Crippen MR) is 91.3 cm³/mol. The van der Waals surface area contributed by atoms with Gasteiger partial charge in [-0.2, -0.15) is 0 Å². The highest BCUT2D eigenvalue weighted by atomic mass is 32.2. The fraction of sp³-hybridized carbons (Fsp3) is 0.562. The van der Waals surface area contributed by atoms with Gasteiger partial charge in [0.05, 0.1) is 25.2 Å². The van der Waals surface area contributed by atoms with Crippen molar-refractivity contribution in [2.24, 2.45) is 5.92 Å². The molecule has 1 N–H and O–H groups in total. The number of sulfonamides is 1. The molecule has 0 aliphatic carbocycles. The van der Waals surface area contributed by atoms with Gasteiger partial charge < -0.3 is 14.7 Å². The number of amides is 1. The van der Waals surface area contributed by atoms with E-state index in [0.29, 0.717) is 32.0 Å². The number of ether oxygens (including phenoxy) is 1. The van der Waals surface area contributed by atoms with Gasteiger partial charge >= 0.3 is 0 Å². The van der Waals surface area contributed by atoms with Gasteiger partial charge in [0.15, 0.2) is 0 Å². The highest BCUT2D eigenvalue weighted by Gasteiger charge is 2.27. The largest absolute Gasteiger partial charge is 0.396 e. The van der Waals surface area contributed by atoms with Crippen LogP contribution in [0.4, 0.5) is 5.69 Å². The zero-order chi connectivity index (χ0) is 17.7. The van der Waals surface area contributed by atoms with E-state index in [9.17, 15) is 18.3 Å². The fourth-order valence-corrected chi connectivity index (χ4v) is 3.46. The minimum absolute atomic E-state index is 0.0720. The van der Waals surface area contributed by atoms with E-state index in [-0.39, 0.29) is 25.0 Å². The molecule has 7 nitrogen and oxygen atoms in total. The summed E-state index contributed by atoms with van der Waals surface area (Å²) in [5.41, 5.74) is 1.38. The predicted octanol–water partition coefficient (Wildman–Crippen LogP) is 0.228. The Morgan fingerprint density at radius 2 is 2.21 bits per heavy atom. The number of hydrogen-bond acceptors (Lipinski definition) is 5. The average molecular weight is 356 g/mol. The smallest absolute Gasteiger partial charge is 0.243 e. The lowest BCUT2D eigenvalue weighted by molar-refractivity contribution is -0.130. The summed E-state index contributed by atoms with van der Waals surface area (Å²) in [6.45, 7) is 3.06. The molecule has 1 aromatic carbocycles. The van der Waals surface area contributed by atoms with Crippen molar-refractivity contribution in [3.8, 4) is 0 Å². The number of benzene rings is 1. The minimum atomic E-state index is -3.59. The first-order chi connectivity index (χ1) is 11.3. The molecule has 0 spiro atoms. The third-order valence-corrected chi connectivity index (χ3v) is 5.06. The van der Waals surface area contributed by atoms with Crippen LogP contribution in [0, 0.1) is 12.8 Å². The van der Waals surface area contributed by atoms with E-state index in [2.05, 4.69) is 0 Å². The van der Waals surface area contributed by atoms with Crippen LogP contribution in [0.5, 0.6) is 0 Å². The molecule has 0 saturated carbocycles. The van der Waals surface area contributed by atoms with Gasteiger partial charge in [-0.05, 0) is 24.6 Å². The molecule has 2 rings (SSSR count). The molecule has 0 aromatic heterocycles. The van der Waals surface area contributed by atoms with E-state index < -0.39 is 10.0 Å². The Balaban J connectivity index is 2.18. The molecule has 1 unspecified atom stereocenters. The molecule has 1 heterocycles. The zero-order valence-corrected chi connectivity index (χ0v) is 14.8. The van der Waals surface area contributed by atoms with E-state index in [1.807, 2.05) is 13.0 Å². The highest BCUT2D eigenvalue weighted by molar-refractivity contribution is 7.92. The number of aryl methyl sites for hydroxylation is 1. The molecule has 1 amide bonds. The van der Waals surface area contributed by atoms with Crippen molar-refractivity contribution in [2.45, 2.75) is 6.92 Å². The summed E-state index contributed by atoms with van der Waals surface area (Å²) in [4.78, 5) is 14.2. The Bertz CT molecular complexity index is 677. The van der Waals surface area contributed by atoms with Crippen molar-refractivity contribution in [1.29, 1.82) is 0 Å². The molecule has 134 valence electrons. The summed E-state index contributed by atoms with van der Waals surface area (Å²) in [7, 11) is -3.59. The molecular weight excluding hydrogens is 332 g/mol. The van der Waals surface area contributed by atoms with Crippen LogP contribution in [0.1, 0.15) is 5.56 Å². The number of hydrogen-bond donors (Lipinski definition) is 1. The van der Waals surface area contributed by atoms with Crippen molar-refractivity contribution in [2.75, 3.05) is 50.0 Å². The lowest BCUT2D eigenvalue weighted by Crippen LogP contribution is -2.45. The molecule has 0 radical (unpaired) electrons. The maximum absolute atomic E-state index is 12.6. The third-order valence-electron chi connectivity index (χ3n) is 3.92. The van der Waals surface area contributed by atoms with Gasteiger partial charge in [-0.1, -0.05) is 12.1 Å². The maximum atomic E-state index is 12.6. The van der Waals surface area contributed by atoms with Crippen LogP contribution in [-0.4, -0.2) is 70.0 Å². The maximum Gasteiger partial charge on any atom is 0.243 e. The minimum Gasteiger partial charge on any atom is -0.396 e. The highest BCUT2D eigenvalue weighted by Crippen LogP contribution is 2.19. The number of anilines is 1. The lowest BCUT2D eigenvalue weighted by atomic mass is 10.1. The van der Waals surface area contributed by atoms with E-state index >= 15 is 0 Å². The van der Waals surface area contributed by atoms with Crippen molar-refractivity contribution < 1.29 is 23.1 Å². The Morgan fingerprint density at radius 3 is 2.83 bits per heavy atom. The van der Waals surface area contributed by atoms with Crippen molar-refractivity contribution in [1.82, 2.24) is 4.90 Å². The monoisotopic (exact) mass is 356 g/mol. The van der Waals surface area contributed by atoms with Crippen molar-refractivity contribution >= 4 is 21.6 Å². The summed E-state index contributed by atoms with van der Waals surface area (Å²) < 4.78 is 30.8. The zero-order valence-electron chi connectivity index (χ0n) is 14.0. The van der Waals surface area contributed by atoms with E-state index in [1.165, 1.54) is 0 Å². The molecule has 1 aromatic rings. The average Bonchev–Trinajstić information content (AvgIpc) is 2.76. The first-order valence-electron chi connectivity index (χ1n) is 7.82. The van der Waals surface area contributed by atoms with Crippen LogP contribution < -0.4 is 4.31 Å². The Labute approximate surface area is 142 Å². The van der Waals surface area contributed by atoms with Crippen LogP contribution >= 0.6 is 0 Å². The van der Waals surface area contributed by atoms with E-state index in [1.54, 1.807) is 23.1 Å². The molecule has 8 heteroatoms. The molecule has 0 bridgehead atoms. The van der Waals surface area contributed by atoms with Crippen LogP contribution in [0.25, 0.3) is 0 Å². The van der Waals surface area contributed by atoms with E-state index in [0.717, 1.165) is 16.1 Å². The Morgan fingerprint density at radius 1 is 1.46 bits per heavy atom. The molecule has 1 aliphatic heterocycles. The Hall–Kier alpha value is -1.64. The van der Waals surface area contributed by atoms with Crippen LogP contribution in [-0.2, 0) is 19.6 Å². The molecular formula is C16H24N2O5S. The second-order valence-electron chi connectivity index (χ2n) is 6.07. The normalized spacial score (nSPS) is 19.0. The SMILES string of the molecule is Cc1cccc(N(CC(=O)N2CCOCC(CO)C2)S(C)(=O)=O)c1. The van der Waals surface area contributed by atoms with Gasteiger partial charge in [-0.3, -0.25) is 9.10 Å². The summed E-state index contributed by atoms with van der Waals surface area (Å²) in [5, 5.41) is 9.31. The number of rotatable bonds is 5. The van der Waals surface area contributed by atoms with Crippen molar-refractivity contribution in [3.63, 3.8) is 0 Å². The first-order valence-corrected chi connectivity index (χ1v) is 9.67. The Kier molecular flexibility index (Phi) is 6.20. The number of carbonyl (C=O) groups is 1. The molecule has 1 saturated heterocycles. The van der Waals surface area contributed by atoms with Gasteiger partial charge in [0.1, 0.15) is 6.54 Å². The summed E-state index contributed by atoms with van der Waals surface area (Å²) in [6.07, 6.45) is 1.09. The van der Waals surface area contributed by atoms with Crippen LogP contribution in [0.3, 0.4) is 0 Å². The van der Waals surface area contributed by atoms with E-state index in [4.69, 9.17) is 4.74 Å². The molecule has 1 fully saturated rings. The number of aliphatic hydroxyl groups is 1. The molecule has 24 heavy (non-hydrogen) atoms. The van der Waals surface area contributed by atoms with Gasteiger partial charge in [-0.15, -0.1) is 0 Å². The number of nitrogens with zero attached hydrogens (tertiary/aromatic N) is 2. The first kappa shape index (κ1) is 18.7. The molecule has 1 atom stereocenters. The topological polar surface area (TPSA) is 87.2 Å². The fourth-order valence-electron chi connectivity index (χ4n) is 2.62. The van der Waals surface area contributed by atoms with Crippen LogP contribution in [0.2, 0.25) is 0 Å². The second kappa shape index (κ2) is 7.96. The lowest BCUT2D eigenvalue weighted by Gasteiger charge is -2.27. The number of aliphatic hydroxyl groups excluding tert-OH is 1. The van der Waals surface area contributed by atoms with Gasteiger partial charge in [0.2, 0.25) is 15.9 Å². The quantitative estimate of drug-likeness (QED) is 0.816. The summed E-state index contributed by atoms with van der Waals surface area (Å²) in [5.74, 6) is -0.451. The third kappa shape index (κ3) is 4.93. The molecule has 1 aliphatic rings. The van der Waals surface area contributed by atoms with Gasteiger partial charge in [0, 0.05) is 25.6 Å². The van der Waals surface area contributed by atoms with Gasteiger partial charge in [0.25, 0.3) is 0 Å². The second-order valence-corrected chi connectivity index (χ2v) is 7.98. The van der Waals surface area contributed by atoms with Gasteiger partial charge in [-0.25, -0.2) is 8.42 Å². The number of carbonyl (C=O) groups excluding carboxylic acids is 1. The van der Waals surface area contributed by atoms with Crippen molar-refractivity contribution in [3.05, 3.63) is 29.8 Å². The van der Waals surface area contributed by atoms with Crippen LogP contribution in [0.15, 0.2) is 24.3 Å². The standard InChI is InChI=1S/C16H24N2O5S/c1-13-4-3-5-15(8-13)18(24(2,21)22)10-16(20)17-6-7-23-12-14(9-17)11-19/h3-5,8,14,19H,6-7,9-12H2,1-2H3.